The van der Waals surface area contributed by atoms with E-state index in [9.17, 15) is 20.4 Å². The summed E-state index contributed by atoms with van der Waals surface area (Å²) in [6, 6.07) is 18.0. The fraction of sp³-hybridized carbons (Fsp3) is 0.273. The molecule has 1 saturated heterocycles. The summed E-state index contributed by atoms with van der Waals surface area (Å²) in [7, 11) is 0. The molecule has 4 N–H and O–H groups in total. The molecule has 5 rings (SSSR count). The van der Waals surface area contributed by atoms with Crippen LogP contribution in [0.15, 0.2) is 54.6 Å². The molecule has 1 aliphatic rings. The minimum atomic E-state index is -1.48. The Labute approximate surface area is 160 Å². The van der Waals surface area contributed by atoms with E-state index in [0.29, 0.717) is 5.75 Å². The summed E-state index contributed by atoms with van der Waals surface area (Å²) in [4.78, 5) is 0. The Bertz CT molecular complexity index is 1120. The van der Waals surface area contributed by atoms with Crippen LogP contribution in [0.25, 0.3) is 32.3 Å². The molecule has 0 amide bonds. The third kappa shape index (κ3) is 2.54. The van der Waals surface area contributed by atoms with E-state index in [4.69, 9.17) is 9.47 Å². The Morgan fingerprint density at radius 3 is 2.11 bits per heavy atom. The van der Waals surface area contributed by atoms with Crippen LogP contribution in [0.5, 0.6) is 5.75 Å². The summed E-state index contributed by atoms with van der Waals surface area (Å²) < 4.78 is 11.4. The zero-order valence-electron chi connectivity index (χ0n) is 14.9. The molecular weight excluding hydrogens is 360 g/mol. The molecule has 28 heavy (non-hydrogen) atoms. The average molecular weight is 380 g/mol. The molecule has 5 atom stereocenters. The highest BCUT2D eigenvalue weighted by Crippen LogP contribution is 2.39. The lowest BCUT2D eigenvalue weighted by molar-refractivity contribution is -0.277. The van der Waals surface area contributed by atoms with Crippen molar-refractivity contribution in [2.45, 2.75) is 30.7 Å². The fourth-order valence-electron chi connectivity index (χ4n) is 4.10. The van der Waals surface area contributed by atoms with Gasteiger partial charge in [-0.1, -0.05) is 42.5 Å². The van der Waals surface area contributed by atoms with Gasteiger partial charge in [0.15, 0.2) is 0 Å². The predicted molar refractivity (Wildman–Crippen MR) is 105 cm³/mol. The molecule has 1 aliphatic heterocycles. The molecule has 1 fully saturated rings. The lowest BCUT2D eigenvalue weighted by atomic mass is 9.94. The van der Waals surface area contributed by atoms with Crippen molar-refractivity contribution in [3.8, 4) is 5.75 Å². The Morgan fingerprint density at radius 2 is 1.39 bits per heavy atom. The van der Waals surface area contributed by atoms with Crippen molar-refractivity contribution >= 4 is 32.3 Å². The molecule has 0 spiro atoms. The quantitative estimate of drug-likeness (QED) is 0.404. The first-order valence-electron chi connectivity index (χ1n) is 9.22. The van der Waals surface area contributed by atoms with Crippen molar-refractivity contribution in [1.82, 2.24) is 0 Å². The van der Waals surface area contributed by atoms with E-state index in [2.05, 4.69) is 24.3 Å². The molecule has 6 heteroatoms. The smallest absolute Gasteiger partial charge is 0.229 e. The molecular formula is C22H20O6. The zero-order chi connectivity index (χ0) is 19.4. The van der Waals surface area contributed by atoms with E-state index in [1.54, 1.807) is 6.07 Å². The van der Waals surface area contributed by atoms with Crippen LogP contribution in [0.2, 0.25) is 0 Å². The molecule has 1 heterocycles. The van der Waals surface area contributed by atoms with Crippen LogP contribution in [0.3, 0.4) is 0 Å². The second-order valence-electron chi connectivity index (χ2n) is 7.23. The molecule has 0 radical (unpaired) electrons. The lowest BCUT2D eigenvalue weighted by Gasteiger charge is -2.39. The lowest BCUT2D eigenvalue weighted by Crippen LogP contribution is -2.60. The Hall–Kier alpha value is -2.48. The van der Waals surface area contributed by atoms with Crippen LogP contribution >= 0.6 is 0 Å². The molecule has 4 aromatic rings. The Kier molecular flexibility index (Phi) is 4.12. The highest BCUT2D eigenvalue weighted by molar-refractivity contribution is 6.24. The second-order valence-corrected chi connectivity index (χ2v) is 7.23. The Morgan fingerprint density at radius 1 is 0.750 bits per heavy atom. The number of hydrogen-bond donors (Lipinski definition) is 4. The van der Waals surface area contributed by atoms with Gasteiger partial charge in [0.25, 0.3) is 0 Å². The van der Waals surface area contributed by atoms with Gasteiger partial charge in [-0.3, -0.25) is 0 Å². The normalized spacial score (nSPS) is 28.4. The van der Waals surface area contributed by atoms with Gasteiger partial charge in [0.1, 0.15) is 30.2 Å². The van der Waals surface area contributed by atoms with Crippen molar-refractivity contribution in [3.63, 3.8) is 0 Å². The monoisotopic (exact) mass is 380 g/mol. The highest BCUT2D eigenvalue weighted by atomic mass is 16.7. The van der Waals surface area contributed by atoms with Gasteiger partial charge in [0, 0.05) is 10.8 Å². The van der Waals surface area contributed by atoms with Gasteiger partial charge < -0.3 is 29.9 Å². The van der Waals surface area contributed by atoms with Gasteiger partial charge in [0.2, 0.25) is 6.29 Å². The van der Waals surface area contributed by atoms with Gasteiger partial charge >= 0.3 is 0 Å². The molecule has 0 saturated carbocycles. The van der Waals surface area contributed by atoms with Gasteiger partial charge in [-0.15, -0.1) is 0 Å². The molecule has 0 aliphatic carbocycles. The molecule has 4 aromatic carbocycles. The summed E-state index contributed by atoms with van der Waals surface area (Å²) in [6.45, 7) is -0.497. The van der Waals surface area contributed by atoms with Crippen molar-refractivity contribution in [2.75, 3.05) is 6.61 Å². The number of aliphatic hydroxyl groups is 4. The maximum atomic E-state index is 10.3. The standard InChI is InChI=1S/C22H20O6/c23-10-16-19(24)20(25)21(26)22(28-16)27-15-9-7-13-5-4-11-2-1-3-12-6-8-14(15)18(13)17(11)12/h1-9,16,19-26H,10H2/t16-,19+,20+,21-,22?/m1/s1. The van der Waals surface area contributed by atoms with Crippen LogP contribution in [0.4, 0.5) is 0 Å². The number of ether oxygens (including phenoxy) is 2. The minimum absolute atomic E-state index is 0.495. The average Bonchev–Trinajstić information content (AvgIpc) is 2.73. The molecule has 6 nitrogen and oxygen atoms in total. The minimum Gasteiger partial charge on any atom is -0.461 e. The molecule has 144 valence electrons. The SMILES string of the molecule is OC[C@H]1OC(Oc2ccc3ccc4cccc5ccc2c3c45)[C@H](O)[C@@H](O)[C@H]1O. The van der Waals surface area contributed by atoms with E-state index in [1.165, 1.54) is 0 Å². The molecule has 0 bridgehead atoms. The zero-order valence-corrected chi connectivity index (χ0v) is 14.9. The summed E-state index contributed by atoms with van der Waals surface area (Å²) in [5.41, 5.74) is 0. The first kappa shape index (κ1) is 17.6. The van der Waals surface area contributed by atoms with E-state index >= 15 is 0 Å². The summed E-state index contributed by atoms with van der Waals surface area (Å²) in [6.07, 6.45) is -6.56. The number of benzene rings is 4. The number of rotatable bonds is 3. The van der Waals surface area contributed by atoms with Gasteiger partial charge in [-0.2, -0.15) is 0 Å². The first-order valence-corrected chi connectivity index (χ1v) is 9.22. The van der Waals surface area contributed by atoms with E-state index < -0.39 is 37.3 Å². The van der Waals surface area contributed by atoms with Gasteiger partial charge in [0.05, 0.1) is 6.61 Å². The van der Waals surface area contributed by atoms with Crippen molar-refractivity contribution in [1.29, 1.82) is 0 Å². The van der Waals surface area contributed by atoms with Gasteiger partial charge in [-0.25, -0.2) is 0 Å². The van der Waals surface area contributed by atoms with Crippen LogP contribution in [-0.4, -0.2) is 57.7 Å². The van der Waals surface area contributed by atoms with E-state index in [-0.39, 0.29) is 0 Å². The topological polar surface area (TPSA) is 99.4 Å². The fourth-order valence-corrected chi connectivity index (χ4v) is 4.10. The van der Waals surface area contributed by atoms with Crippen LogP contribution in [-0.2, 0) is 4.74 Å². The van der Waals surface area contributed by atoms with Crippen LogP contribution in [0, 0.1) is 0 Å². The van der Waals surface area contributed by atoms with Crippen molar-refractivity contribution in [2.24, 2.45) is 0 Å². The molecule has 0 aromatic heterocycles. The third-order valence-corrected chi connectivity index (χ3v) is 5.58. The largest absolute Gasteiger partial charge is 0.461 e. The summed E-state index contributed by atoms with van der Waals surface area (Å²) >= 11 is 0. The number of hydrogen-bond acceptors (Lipinski definition) is 6. The summed E-state index contributed by atoms with van der Waals surface area (Å²) in [5.74, 6) is 0.495. The van der Waals surface area contributed by atoms with Gasteiger partial charge in [-0.05, 0) is 33.7 Å². The third-order valence-electron chi connectivity index (χ3n) is 5.58. The predicted octanol–water partition coefficient (Wildman–Crippen LogP) is 1.76. The second kappa shape index (κ2) is 6.55. The van der Waals surface area contributed by atoms with Crippen LogP contribution in [0.1, 0.15) is 0 Å². The van der Waals surface area contributed by atoms with Crippen LogP contribution < -0.4 is 4.74 Å². The van der Waals surface area contributed by atoms with E-state index in [1.807, 2.05) is 24.3 Å². The summed E-state index contributed by atoms with van der Waals surface area (Å²) in [5, 5.41) is 46.0. The maximum absolute atomic E-state index is 10.3. The van der Waals surface area contributed by atoms with Crippen molar-refractivity contribution < 1.29 is 29.9 Å². The van der Waals surface area contributed by atoms with Crippen molar-refractivity contribution in [3.05, 3.63) is 54.6 Å². The highest BCUT2D eigenvalue weighted by Gasteiger charge is 2.44. The number of aliphatic hydroxyl groups excluding tert-OH is 4. The Balaban J connectivity index is 1.61. The van der Waals surface area contributed by atoms with E-state index in [0.717, 1.165) is 32.3 Å². The maximum Gasteiger partial charge on any atom is 0.229 e. The first-order chi connectivity index (χ1) is 13.6. The molecule has 1 unspecified atom stereocenters.